The second-order valence-electron chi connectivity index (χ2n) is 6.86. The van der Waals surface area contributed by atoms with Gasteiger partial charge in [-0.25, -0.2) is 13.4 Å². The van der Waals surface area contributed by atoms with E-state index in [1.54, 1.807) is 31.4 Å². The summed E-state index contributed by atoms with van der Waals surface area (Å²) in [7, 11) is -1.97. The van der Waals surface area contributed by atoms with Crippen molar-refractivity contribution in [2.24, 2.45) is 0 Å². The Morgan fingerprint density at radius 1 is 1.25 bits per heavy atom. The number of ether oxygens (including phenoxy) is 1. The van der Waals surface area contributed by atoms with Crippen molar-refractivity contribution in [3.63, 3.8) is 0 Å². The van der Waals surface area contributed by atoms with Crippen LogP contribution in [0.4, 0.5) is 5.69 Å². The van der Waals surface area contributed by atoms with E-state index in [0.29, 0.717) is 10.7 Å². The van der Waals surface area contributed by atoms with E-state index in [1.165, 1.54) is 17.0 Å². The number of benzene rings is 2. The third-order valence-corrected chi connectivity index (χ3v) is 6.61. The topological polar surface area (TPSA) is 77.7 Å². The Kier molecular flexibility index (Phi) is 5.29. The summed E-state index contributed by atoms with van der Waals surface area (Å²) in [5.41, 5.74) is 2.30. The molecule has 2 heterocycles. The second-order valence-corrected chi connectivity index (χ2v) is 8.98. The highest BCUT2D eigenvalue weighted by Crippen LogP contribution is 2.24. The number of anilines is 1. The zero-order chi connectivity index (χ0) is 19.7. The van der Waals surface area contributed by atoms with E-state index < -0.39 is 10.0 Å². The molecule has 148 valence electrons. The van der Waals surface area contributed by atoms with Gasteiger partial charge in [0.25, 0.3) is 10.0 Å². The van der Waals surface area contributed by atoms with Crippen LogP contribution in [0, 0.1) is 0 Å². The van der Waals surface area contributed by atoms with E-state index in [9.17, 15) is 8.42 Å². The molecule has 0 aliphatic carbocycles. The Hall–Kier alpha value is -2.13. The van der Waals surface area contributed by atoms with Crippen LogP contribution in [0.5, 0.6) is 0 Å². The summed E-state index contributed by atoms with van der Waals surface area (Å²) in [6.07, 6.45) is 0. The Balaban J connectivity index is 1.58. The van der Waals surface area contributed by atoms with Crippen LogP contribution in [0.1, 0.15) is 5.82 Å². The molecule has 0 spiro atoms. The van der Waals surface area contributed by atoms with E-state index >= 15 is 0 Å². The zero-order valence-electron chi connectivity index (χ0n) is 15.5. The van der Waals surface area contributed by atoms with Crippen LogP contribution in [-0.4, -0.2) is 44.8 Å². The van der Waals surface area contributed by atoms with Gasteiger partial charge in [-0.1, -0.05) is 11.6 Å². The van der Waals surface area contributed by atoms with Crippen molar-refractivity contribution in [1.29, 1.82) is 0 Å². The predicted molar refractivity (Wildman–Crippen MR) is 108 cm³/mol. The lowest BCUT2D eigenvalue weighted by atomic mass is 10.3. The summed E-state index contributed by atoms with van der Waals surface area (Å²) in [6, 6.07) is 11.6. The molecule has 0 saturated heterocycles. The van der Waals surface area contributed by atoms with E-state index in [-0.39, 0.29) is 4.90 Å². The second kappa shape index (κ2) is 7.71. The van der Waals surface area contributed by atoms with Gasteiger partial charge in [0.1, 0.15) is 13.1 Å². The molecule has 28 heavy (non-hydrogen) atoms. The number of nitrogens with one attached hydrogen (secondary N) is 2. The highest BCUT2D eigenvalue weighted by Gasteiger charge is 2.23. The first-order valence-electron chi connectivity index (χ1n) is 9.06. The van der Waals surface area contributed by atoms with Crippen LogP contribution in [0.2, 0.25) is 5.02 Å². The van der Waals surface area contributed by atoms with Gasteiger partial charge >= 0.3 is 0 Å². The minimum atomic E-state index is -3.68. The first-order chi connectivity index (χ1) is 13.5. The fourth-order valence-electron chi connectivity index (χ4n) is 3.50. The summed E-state index contributed by atoms with van der Waals surface area (Å²) < 4.78 is 35.2. The number of imidazole rings is 1. The maximum Gasteiger partial charge on any atom is 0.261 e. The number of rotatable bonds is 6. The standard InChI is InChI=1S/C19H21ClN4O3S/c1-27-11-10-23-8-9-24-18-7-4-15(12-17(18)21-19(24)13-23)22-28(25,26)16-5-2-14(20)3-6-16/h2-7,12,22H,8-11,13H2,1H3/p+1. The maximum atomic E-state index is 12.6. The molecule has 1 unspecified atom stereocenters. The summed E-state index contributed by atoms with van der Waals surface area (Å²) in [6.45, 7) is 4.43. The predicted octanol–water partition coefficient (Wildman–Crippen LogP) is 1.54. The molecule has 9 heteroatoms. The van der Waals surface area contributed by atoms with Gasteiger partial charge in [-0.05, 0) is 42.5 Å². The quantitative estimate of drug-likeness (QED) is 0.633. The van der Waals surface area contributed by atoms with Gasteiger partial charge < -0.3 is 14.2 Å². The largest absolute Gasteiger partial charge is 0.379 e. The van der Waals surface area contributed by atoms with Gasteiger partial charge in [0.15, 0.2) is 5.82 Å². The monoisotopic (exact) mass is 421 g/mol. The fraction of sp³-hybridized carbons (Fsp3) is 0.316. The molecule has 0 bridgehead atoms. The first kappa shape index (κ1) is 19.2. The number of halogens is 1. The highest BCUT2D eigenvalue weighted by atomic mass is 35.5. The lowest BCUT2D eigenvalue weighted by Crippen LogP contribution is -3.12. The Bertz CT molecular complexity index is 1100. The molecule has 0 amide bonds. The van der Waals surface area contributed by atoms with Crippen molar-refractivity contribution in [3.8, 4) is 0 Å². The zero-order valence-corrected chi connectivity index (χ0v) is 17.1. The molecular formula is C19H22ClN4O3S+. The minimum Gasteiger partial charge on any atom is -0.379 e. The third-order valence-electron chi connectivity index (χ3n) is 4.96. The van der Waals surface area contributed by atoms with Gasteiger partial charge in [0, 0.05) is 12.1 Å². The molecule has 0 saturated carbocycles. The van der Waals surface area contributed by atoms with E-state index in [1.807, 2.05) is 6.07 Å². The summed E-state index contributed by atoms with van der Waals surface area (Å²) >= 11 is 5.84. The molecule has 3 aromatic rings. The Labute approximate surface area is 168 Å². The number of hydrogen-bond acceptors (Lipinski definition) is 4. The number of sulfonamides is 1. The van der Waals surface area contributed by atoms with Crippen LogP contribution in [0.25, 0.3) is 11.0 Å². The molecule has 0 radical (unpaired) electrons. The number of nitrogens with zero attached hydrogens (tertiary/aromatic N) is 2. The number of fused-ring (bicyclic) bond motifs is 3. The highest BCUT2D eigenvalue weighted by molar-refractivity contribution is 7.92. The number of methoxy groups -OCH3 is 1. The normalized spacial score (nSPS) is 16.9. The van der Waals surface area contributed by atoms with E-state index in [4.69, 9.17) is 21.3 Å². The Morgan fingerprint density at radius 3 is 2.79 bits per heavy atom. The summed E-state index contributed by atoms with van der Waals surface area (Å²) in [5.74, 6) is 1.02. The van der Waals surface area contributed by atoms with Gasteiger partial charge in [-0.3, -0.25) is 4.72 Å². The van der Waals surface area contributed by atoms with Crippen molar-refractivity contribution < 1.29 is 18.1 Å². The van der Waals surface area contributed by atoms with Gasteiger partial charge in [-0.15, -0.1) is 0 Å². The maximum absolute atomic E-state index is 12.6. The molecule has 2 aromatic carbocycles. The molecule has 1 aliphatic rings. The summed E-state index contributed by atoms with van der Waals surface area (Å²) in [5, 5.41) is 0.491. The van der Waals surface area contributed by atoms with E-state index in [0.717, 1.165) is 49.6 Å². The average molecular weight is 422 g/mol. The molecule has 1 atom stereocenters. The Morgan fingerprint density at radius 2 is 2.04 bits per heavy atom. The average Bonchev–Trinajstić information content (AvgIpc) is 3.03. The molecule has 2 N–H and O–H groups in total. The first-order valence-corrected chi connectivity index (χ1v) is 10.9. The van der Waals surface area contributed by atoms with Gasteiger partial charge in [-0.2, -0.15) is 0 Å². The molecule has 4 rings (SSSR count). The number of quaternary nitrogens is 1. The lowest BCUT2D eigenvalue weighted by molar-refractivity contribution is -0.918. The summed E-state index contributed by atoms with van der Waals surface area (Å²) in [4.78, 5) is 6.34. The number of hydrogen-bond donors (Lipinski definition) is 2. The van der Waals surface area contributed by atoms with Crippen LogP contribution in [0.3, 0.4) is 0 Å². The van der Waals surface area contributed by atoms with Crippen LogP contribution >= 0.6 is 11.6 Å². The van der Waals surface area contributed by atoms with Crippen LogP contribution in [0.15, 0.2) is 47.4 Å². The third kappa shape index (κ3) is 3.86. The van der Waals surface area contributed by atoms with Crippen molar-refractivity contribution in [3.05, 3.63) is 53.3 Å². The smallest absolute Gasteiger partial charge is 0.261 e. The minimum absolute atomic E-state index is 0.165. The molecular weight excluding hydrogens is 400 g/mol. The van der Waals surface area contributed by atoms with Crippen LogP contribution in [-0.2, 0) is 27.8 Å². The molecule has 7 nitrogen and oxygen atoms in total. The fourth-order valence-corrected chi connectivity index (χ4v) is 4.67. The SMILES string of the molecule is COCC[NH+]1CCn2c(nc3cc(NS(=O)(=O)c4ccc(Cl)cc4)ccc32)C1. The van der Waals surface area contributed by atoms with Crippen molar-refractivity contribution in [2.75, 3.05) is 31.5 Å². The van der Waals surface area contributed by atoms with Crippen LogP contribution < -0.4 is 9.62 Å². The molecule has 0 fully saturated rings. The lowest BCUT2D eigenvalue weighted by Gasteiger charge is -2.24. The van der Waals surface area contributed by atoms with Gasteiger partial charge in [0.2, 0.25) is 0 Å². The van der Waals surface area contributed by atoms with Crippen molar-refractivity contribution in [2.45, 2.75) is 18.0 Å². The van der Waals surface area contributed by atoms with E-state index in [2.05, 4.69) is 9.29 Å². The number of aromatic nitrogens is 2. The van der Waals surface area contributed by atoms with Crippen molar-refractivity contribution >= 4 is 38.3 Å². The van der Waals surface area contributed by atoms with Gasteiger partial charge in [0.05, 0.1) is 41.3 Å². The molecule has 1 aliphatic heterocycles. The van der Waals surface area contributed by atoms with Crippen molar-refractivity contribution in [1.82, 2.24) is 9.55 Å². The molecule has 1 aromatic heterocycles.